The summed E-state index contributed by atoms with van der Waals surface area (Å²) in [5, 5.41) is 2.98. The molecule has 1 N–H and O–H groups in total. The molecular formula is C15H23NO. The number of nitrogens with one attached hydrogen (secondary N) is 1. The number of carbonyl (C=O) groups is 1. The molecule has 0 fully saturated rings. The summed E-state index contributed by atoms with van der Waals surface area (Å²) in [7, 11) is 0. The zero-order valence-electron chi connectivity index (χ0n) is 11.6. The van der Waals surface area contributed by atoms with E-state index < -0.39 is 0 Å². The molecule has 0 heterocycles. The lowest BCUT2D eigenvalue weighted by Crippen LogP contribution is -2.26. The molecule has 2 nitrogen and oxygen atoms in total. The van der Waals surface area contributed by atoms with E-state index in [4.69, 9.17) is 0 Å². The highest BCUT2D eigenvalue weighted by Gasteiger charge is 2.10. The van der Waals surface area contributed by atoms with E-state index in [2.05, 4.69) is 32.2 Å². The third-order valence-corrected chi connectivity index (χ3v) is 3.09. The third kappa shape index (κ3) is 3.88. The minimum absolute atomic E-state index is 0.0475. The highest BCUT2D eigenvalue weighted by atomic mass is 16.1. The second-order valence-corrected chi connectivity index (χ2v) is 5.19. The van der Waals surface area contributed by atoms with Crippen molar-refractivity contribution in [3.05, 3.63) is 34.4 Å². The largest absolute Gasteiger partial charge is 0.352 e. The number of benzene rings is 1. The first-order valence-corrected chi connectivity index (χ1v) is 6.28. The summed E-state index contributed by atoms with van der Waals surface area (Å²) in [4.78, 5) is 12.0. The molecule has 0 aliphatic rings. The molecule has 17 heavy (non-hydrogen) atoms. The zero-order chi connectivity index (χ0) is 13.0. The summed E-state index contributed by atoms with van der Waals surface area (Å²) in [5.41, 5.74) is 4.26. The van der Waals surface area contributed by atoms with E-state index in [1.54, 1.807) is 0 Å². The maximum Gasteiger partial charge on any atom is 0.251 e. The third-order valence-electron chi connectivity index (χ3n) is 3.09. The Hall–Kier alpha value is -1.31. The van der Waals surface area contributed by atoms with Gasteiger partial charge in [-0.2, -0.15) is 0 Å². The van der Waals surface area contributed by atoms with Crippen molar-refractivity contribution in [2.45, 2.75) is 41.0 Å². The molecule has 1 aromatic rings. The van der Waals surface area contributed by atoms with Crippen molar-refractivity contribution < 1.29 is 4.79 Å². The van der Waals surface area contributed by atoms with Gasteiger partial charge in [0.1, 0.15) is 0 Å². The molecule has 0 bridgehead atoms. The van der Waals surface area contributed by atoms with Gasteiger partial charge in [0, 0.05) is 12.1 Å². The number of amides is 1. The zero-order valence-corrected chi connectivity index (χ0v) is 11.6. The molecule has 0 aliphatic heterocycles. The Morgan fingerprint density at radius 3 is 2.29 bits per heavy atom. The van der Waals surface area contributed by atoms with Crippen LogP contribution in [0, 0.1) is 26.7 Å². The van der Waals surface area contributed by atoms with Crippen LogP contribution in [0.15, 0.2) is 12.1 Å². The first-order valence-electron chi connectivity index (χ1n) is 6.28. The molecule has 1 rings (SSSR count). The molecule has 94 valence electrons. The minimum Gasteiger partial charge on any atom is -0.352 e. The van der Waals surface area contributed by atoms with Gasteiger partial charge in [0.2, 0.25) is 0 Å². The summed E-state index contributed by atoms with van der Waals surface area (Å²) in [6.45, 7) is 11.2. The fourth-order valence-corrected chi connectivity index (χ4v) is 1.77. The fourth-order valence-electron chi connectivity index (χ4n) is 1.77. The first kappa shape index (κ1) is 13.8. The predicted molar refractivity (Wildman–Crippen MR) is 72.4 cm³/mol. The first-order chi connectivity index (χ1) is 7.91. The molecular weight excluding hydrogens is 210 g/mol. The van der Waals surface area contributed by atoms with Gasteiger partial charge in [-0.1, -0.05) is 19.9 Å². The standard InChI is InChI=1S/C15H23NO/c1-10(2)6-7-16-15(17)14-9-12(4)11(3)8-13(14)5/h8-10H,6-7H2,1-5H3,(H,16,17). The van der Waals surface area contributed by atoms with Crippen LogP contribution in [0.25, 0.3) is 0 Å². The SMILES string of the molecule is Cc1cc(C)c(C(=O)NCCC(C)C)cc1C. The van der Waals surface area contributed by atoms with Crippen molar-refractivity contribution in [1.82, 2.24) is 5.32 Å². The highest BCUT2D eigenvalue weighted by molar-refractivity contribution is 5.95. The van der Waals surface area contributed by atoms with Gasteiger partial charge < -0.3 is 5.32 Å². The Kier molecular flexibility index (Phi) is 4.73. The van der Waals surface area contributed by atoms with Gasteiger partial charge in [-0.05, 0) is 55.9 Å². The van der Waals surface area contributed by atoms with Crippen molar-refractivity contribution in [3.63, 3.8) is 0 Å². The Morgan fingerprint density at radius 1 is 1.12 bits per heavy atom. The van der Waals surface area contributed by atoms with Crippen molar-refractivity contribution >= 4 is 5.91 Å². The molecule has 1 amide bonds. The quantitative estimate of drug-likeness (QED) is 0.848. The van der Waals surface area contributed by atoms with Crippen LogP contribution in [0.5, 0.6) is 0 Å². The highest BCUT2D eigenvalue weighted by Crippen LogP contribution is 2.15. The molecule has 0 unspecified atom stereocenters. The second-order valence-electron chi connectivity index (χ2n) is 5.19. The molecule has 2 heteroatoms. The van der Waals surface area contributed by atoms with Crippen LogP contribution in [-0.2, 0) is 0 Å². The van der Waals surface area contributed by atoms with E-state index in [0.29, 0.717) is 5.92 Å². The van der Waals surface area contributed by atoms with Gasteiger partial charge in [-0.3, -0.25) is 4.79 Å². The number of rotatable bonds is 4. The Bertz CT molecular complexity index is 408. The lowest BCUT2D eigenvalue weighted by Gasteiger charge is -2.11. The van der Waals surface area contributed by atoms with Gasteiger partial charge in [-0.15, -0.1) is 0 Å². The fraction of sp³-hybridized carbons (Fsp3) is 0.533. The molecule has 1 aromatic carbocycles. The van der Waals surface area contributed by atoms with Crippen LogP contribution in [0.2, 0.25) is 0 Å². The van der Waals surface area contributed by atoms with Crippen molar-refractivity contribution in [3.8, 4) is 0 Å². The van der Waals surface area contributed by atoms with Crippen molar-refractivity contribution in [2.24, 2.45) is 5.92 Å². The monoisotopic (exact) mass is 233 g/mol. The molecule has 0 aromatic heterocycles. The second kappa shape index (κ2) is 5.85. The molecule has 0 saturated heterocycles. The van der Waals surface area contributed by atoms with Gasteiger partial charge in [0.05, 0.1) is 0 Å². The van der Waals surface area contributed by atoms with Crippen molar-refractivity contribution in [2.75, 3.05) is 6.54 Å². The number of aryl methyl sites for hydroxylation is 3. The number of carbonyl (C=O) groups excluding carboxylic acids is 1. The van der Waals surface area contributed by atoms with Gasteiger partial charge in [-0.25, -0.2) is 0 Å². The maximum absolute atomic E-state index is 12.0. The van der Waals surface area contributed by atoms with Crippen molar-refractivity contribution in [1.29, 1.82) is 0 Å². The maximum atomic E-state index is 12.0. The molecule has 0 spiro atoms. The topological polar surface area (TPSA) is 29.1 Å². The van der Waals surface area contributed by atoms with E-state index in [0.717, 1.165) is 24.1 Å². The smallest absolute Gasteiger partial charge is 0.251 e. The normalized spacial score (nSPS) is 10.7. The van der Waals surface area contributed by atoms with Crippen LogP contribution < -0.4 is 5.32 Å². The molecule has 0 radical (unpaired) electrons. The Labute approximate surface area is 104 Å². The average molecular weight is 233 g/mol. The van der Waals surface area contributed by atoms with Gasteiger partial charge in [0.15, 0.2) is 0 Å². The summed E-state index contributed by atoms with van der Waals surface area (Å²) in [5.74, 6) is 0.669. The van der Waals surface area contributed by atoms with Gasteiger partial charge >= 0.3 is 0 Å². The lowest BCUT2D eigenvalue weighted by molar-refractivity contribution is 0.0951. The lowest BCUT2D eigenvalue weighted by atomic mass is 10.0. The van der Waals surface area contributed by atoms with Crippen LogP contribution in [0.4, 0.5) is 0 Å². The Balaban J connectivity index is 2.72. The van der Waals surface area contributed by atoms with E-state index in [9.17, 15) is 4.79 Å². The summed E-state index contributed by atoms with van der Waals surface area (Å²) < 4.78 is 0. The average Bonchev–Trinajstić information content (AvgIpc) is 2.22. The molecule has 0 atom stereocenters. The molecule has 0 saturated carbocycles. The summed E-state index contributed by atoms with van der Waals surface area (Å²) in [6, 6.07) is 4.06. The number of hydrogen-bond donors (Lipinski definition) is 1. The van der Waals surface area contributed by atoms with E-state index in [-0.39, 0.29) is 5.91 Å². The van der Waals surface area contributed by atoms with Crippen LogP contribution >= 0.6 is 0 Å². The van der Waals surface area contributed by atoms with Crippen LogP contribution in [0.1, 0.15) is 47.3 Å². The minimum atomic E-state index is 0.0475. The van der Waals surface area contributed by atoms with E-state index in [1.165, 1.54) is 11.1 Å². The van der Waals surface area contributed by atoms with E-state index >= 15 is 0 Å². The van der Waals surface area contributed by atoms with E-state index in [1.807, 2.05) is 19.9 Å². The van der Waals surface area contributed by atoms with Crippen LogP contribution in [0.3, 0.4) is 0 Å². The molecule has 0 aliphatic carbocycles. The Morgan fingerprint density at radius 2 is 1.71 bits per heavy atom. The summed E-state index contributed by atoms with van der Waals surface area (Å²) in [6.07, 6.45) is 1.02. The summed E-state index contributed by atoms with van der Waals surface area (Å²) >= 11 is 0. The predicted octanol–water partition coefficient (Wildman–Crippen LogP) is 3.39. The van der Waals surface area contributed by atoms with Gasteiger partial charge in [0.25, 0.3) is 5.91 Å². The van der Waals surface area contributed by atoms with Crippen LogP contribution in [-0.4, -0.2) is 12.5 Å². The number of hydrogen-bond acceptors (Lipinski definition) is 1.